The first-order chi connectivity index (χ1) is 12.6. The number of ether oxygens (including phenoxy) is 1. The highest BCUT2D eigenvalue weighted by atomic mass is 35.5. The van der Waals surface area contributed by atoms with Crippen LogP contribution in [-0.4, -0.2) is 28.6 Å². The molecule has 1 unspecified atom stereocenters. The Morgan fingerprint density at radius 2 is 1.92 bits per heavy atom. The van der Waals surface area contributed by atoms with Gasteiger partial charge in [-0.2, -0.15) is 5.06 Å². The zero-order valence-corrected chi connectivity index (χ0v) is 14.6. The monoisotopic (exact) mass is 370 g/mol. The third kappa shape index (κ3) is 2.73. The summed E-state index contributed by atoms with van der Waals surface area (Å²) in [5.41, 5.74) is 1.25. The van der Waals surface area contributed by atoms with Crippen molar-refractivity contribution < 1.29 is 19.2 Å². The molecule has 26 heavy (non-hydrogen) atoms. The summed E-state index contributed by atoms with van der Waals surface area (Å²) in [6.45, 7) is 0. The number of benzene rings is 2. The number of nitrogens with zero attached hydrogens (tertiary/aromatic N) is 2. The molecular weight excluding hydrogens is 356 g/mol. The van der Waals surface area contributed by atoms with E-state index >= 15 is 0 Å². The van der Waals surface area contributed by atoms with Gasteiger partial charge >= 0.3 is 5.97 Å². The number of hydrogen-bond acceptors (Lipinski definition) is 4. The fourth-order valence-electron chi connectivity index (χ4n) is 3.24. The van der Waals surface area contributed by atoms with Gasteiger partial charge in [0.25, 0.3) is 5.91 Å². The molecule has 4 rings (SSSR count). The molecule has 6 nitrogen and oxygen atoms in total. The highest BCUT2D eigenvalue weighted by molar-refractivity contribution is 6.31. The number of carbonyl (C=O) groups is 2. The van der Waals surface area contributed by atoms with Gasteiger partial charge < -0.3 is 9.30 Å². The van der Waals surface area contributed by atoms with E-state index in [1.165, 1.54) is 12.2 Å². The number of halogens is 1. The van der Waals surface area contributed by atoms with Crippen molar-refractivity contribution in [1.29, 1.82) is 0 Å². The standard InChI is InChI=1S/C19H15ClN2O4/c1-25-22-17(11-18(23)26-14-5-3-2-4-6-14)21-15-8-7-13(20)9-12(15)10-16(21)19(22)24/h2-10,17H,11H2,1H3. The van der Waals surface area contributed by atoms with Gasteiger partial charge in [0.2, 0.25) is 0 Å². The number of carbonyl (C=O) groups excluding carboxylic acids is 2. The Bertz CT molecular complexity index is 999. The molecule has 0 bridgehead atoms. The fourth-order valence-corrected chi connectivity index (χ4v) is 3.42. The molecule has 1 aromatic heterocycles. The van der Waals surface area contributed by atoms with E-state index in [0.29, 0.717) is 16.5 Å². The number of esters is 1. The average molecular weight is 371 g/mol. The number of aromatic nitrogens is 1. The maximum absolute atomic E-state index is 12.6. The van der Waals surface area contributed by atoms with Gasteiger partial charge in [-0.05, 0) is 36.4 Å². The molecule has 3 aromatic rings. The molecule has 0 spiro atoms. The highest BCUT2D eigenvalue weighted by Crippen LogP contribution is 2.36. The van der Waals surface area contributed by atoms with Gasteiger partial charge in [0, 0.05) is 10.4 Å². The minimum Gasteiger partial charge on any atom is -0.426 e. The third-order valence-corrected chi connectivity index (χ3v) is 4.54. The maximum atomic E-state index is 12.6. The van der Waals surface area contributed by atoms with Crippen LogP contribution in [0.5, 0.6) is 5.75 Å². The largest absolute Gasteiger partial charge is 0.426 e. The predicted octanol–water partition coefficient (Wildman–Crippen LogP) is 3.81. The topological polar surface area (TPSA) is 60.8 Å². The zero-order valence-electron chi connectivity index (χ0n) is 13.9. The molecular formula is C19H15ClN2O4. The van der Waals surface area contributed by atoms with Gasteiger partial charge in [0.05, 0.1) is 19.0 Å². The van der Waals surface area contributed by atoms with Crippen molar-refractivity contribution >= 4 is 34.4 Å². The maximum Gasteiger partial charge on any atom is 0.315 e. The zero-order chi connectivity index (χ0) is 18.3. The van der Waals surface area contributed by atoms with Crippen LogP contribution in [0.2, 0.25) is 5.02 Å². The molecule has 132 valence electrons. The summed E-state index contributed by atoms with van der Waals surface area (Å²) in [5.74, 6) is -0.313. The van der Waals surface area contributed by atoms with E-state index in [9.17, 15) is 9.59 Å². The minimum absolute atomic E-state index is 0.0477. The molecule has 1 aliphatic rings. The van der Waals surface area contributed by atoms with Crippen LogP contribution in [0.1, 0.15) is 23.1 Å². The number of para-hydroxylation sites is 1. The lowest BCUT2D eigenvalue weighted by Gasteiger charge is -2.23. The molecule has 1 amide bonds. The van der Waals surface area contributed by atoms with Gasteiger partial charge in [0.15, 0.2) is 0 Å². The van der Waals surface area contributed by atoms with Gasteiger partial charge in [-0.25, -0.2) is 0 Å². The van der Waals surface area contributed by atoms with Gasteiger partial charge in [0.1, 0.15) is 17.6 Å². The molecule has 2 heterocycles. The summed E-state index contributed by atoms with van der Waals surface area (Å²) in [4.78, 5) is 30.3. The molecule has 0 fully saturated rings. The Balaban J connectivity index is 1.68. The Kier molecular flexibility index (Phi) is 4.14. The van der Waals surface area contributed by atoms with E-state index < -0.39 is 12.1 Å². The Labute approximate surface area is 154 Å². The smallest absolute Gasteiger partial charge is 0.315 e. The summed E-state index contributed by atoms with van der Waals surface area (Å²) in [6.07, 6.45) is -0.675. The number of rotatable bonds is 4. The Morgan fingerprint density at radius 1 is 1.15 bits per heavy atom. The van der Waals surface area contributed by atoms with Crippen molar-refractivity contribution in [3.63, 3.8) is 0 Å². The summed E-state index contributed by atoms with van der Waals surface area (Å²) in [5, 5.41) is 2.60. The Hall–Kier alpha value is -2.83. The van der Waals surface area contributed by atoms with Crippen LogP contribution in [0.25, 0.3) is 10.9 Å². The highest BCUT2D eigenvalue weighted by Gasteiger charge is 2.40. The fraction of sp³-hybridized carbons (Fsp3) is 0.158. The van der Waals surface area contributed by atoms with Crippen LogP contribution < -0.4 is 4.74 Å². The summed E-state index contributed by atoms with van der Waals surface area (Å²) >= 11 is 6.04. The van der Waals surface area contributed by atoms with E-state index in [-0.39, 0.29) is 12.3 Å². The summed E-state index contributed by atoms with van der Waals surface area (Å²) < 4.78 is 7.14. The van der Waals surface area contributed by atoms with E-state index in [1.807, 2.05) is 12.1 Å². The van der Waals surface area contributed by atoms with Crippen LogP contribution in [0.3, 0.4) is 0 Å². The van der Waals surface area contributed by atoms with Crippen LogP contribution >= 0.6 is 11.6 Å². The minimum atomic E-state index is -0.627. The van der Waals surface area contributed by atoms with Crippen molar-refractivity contribution in [2.45, 2.75) is 12.6 Å². The van der Waals surface area contributed by atoms with Gasteiger partial charge in [-0.15, -0.1) is 0 Å². The molecule has 7 heteroatoms. The molecule has 2 aromatic carbocycles. The number of hydrogen-bond donors (Lipinski definition) is 0. The van der Waals surface area contributed by atoms with Gasteiger partial charge in [-0.1, -0.05) is 29.8 Å². The second-order valence-corrected chi connectivity index (χ2v) is 6.32. The SMILES string of the molecule is CON1C(=O)c2cc3cc(Cl)ccc3n2C1CC(=O)Oc1ccccc1. The molecule has 0 saturated carbocycles. The lowest BCUT2D eigenvalue weighted by molar-refractivity contribution is -0.151. The van der Waals surface area contributed by atoms with E-state index in [2.05, 4.69) is 0 Å². The predicted molar refractivity (Wildman–Crippen MR) is 95.9 cm³/mol. The lowest BCUT2D eigenvalue weighted by Crippen LogP contribution is -2.31. The first kappa shape index (κ1) is 16.6. The molecule has 1 atom stereocenters. The normalized spacial score (nSPS) is 16.2. The quantitative estimate of drug-likeness (QED) is 0.517. The van der Waals surface area contributed by atoms with Crippen LogP contribution in [-0.2, 0) is 9.63 Å². The first-order valence-corrected chi connectivity index (χ1v) is 8.40. The van der Waals surface area contributed by atoms with Crippen LogP contribution in [0, 0.1) is 0 Å². The molecule has 0 aliphatic carbocycles. The van der Waals surface area contributed by atoms with Crippen molar-refractivity contribution in [2.75, 3.05) is 7.11 Å². The van der Waals surface area contributed by atoms with Crippen molar-refractivity contribution in [3.05, 3.63) is 65.3 Å². The molecule has 0 saturated heterocycles. The second-order valence-electron chi connectivity index (χ2n) is 5.89. The molecule has 0 radical (unpaired) electrons. The molecule has 1 aliphatic heterocycles. The van der Waals surface area contributed by atoms with Gasteiger partial charge in [-0.3, -0.25) is 14.4 Å². The van der Waals surface area contributed by atoms with E-state index in [4.69, 9.17) is 21.2 Å². The summed E-state index contributed by atoms with van der Waals surface area (Å²) in [7, 11) is 1.40. The number of amides is 1. The van der Waals surface area contributed by atoms with E-state index in [0.717, 1.165) is 10.9 Å². The number of hydroxylamine groups is 2. The molecule has 0 N–H and O–H groups in total. The number of fused-ring (bicyclic) bond motifs is 3. The Morgan fingerprint density at radius 3 is 2.65 bits per heavy atom. The summed E-state index contributed by atoms with van der Waals surface area (Å²) in [6, 6.07) is 15.9. The third-order valence-electron chi connectivity index (χ3n) is 4.31. The van der Waals surface area contributed by atoms with Crippen LogP contribution in [0.4, 0.5) is 0 Å². The van der Waals surface area contributed by atoms with Crippen LogP contribution in [0.15, 0.2) is 54.6 Å². The lowest BCUT2D eigenvalue weighted by atomic mass is 10.2. The second kappa shape index (κ2) is 6.48. The van der Waals surface area contributed by atoms with Crippen molar-refractivity contribution in [3.8, 4) is 5.75 Å². The van der Waals surface area contributed by atoms with E-state index in [1.54, 1.807) is 47.0 Å². The average Bonchev–Trinajstić information content (AvgIpc) is 3.11. The van der Waals surface area contributed by atoms with Crippen molar-refractivity contribution in [1.82, 2.24) is 9.63 Å². The van der Waals surface area contributed by atoms with Crippen molar-refractivity contribution in [2.24, 2.45) is 0 Å². The first-order valence-electron chi connectivity index (χ1n) is 8.02.